The van der Waals surface area contributed by atoms with Crippen LogP contribution in [0.1, 0.15) is 52.5 Å². The SMILES string of the molecule is Cc1ncnc(C)c1C(=O)N1CC2=CN(CCC(c3cccc(F)c3)C3CCN(CC(F)F)CC3)CC2C1. The number of alkyl halides is 2. The minimum atomic E-state index is -2.31. The summed E-state index contributed by atoms with van der Waals surface area (Å²) >= 11 is 0. The molecule has 9 heteroatoms. The zero-order valence-corrected chi connectivity index (χ0v) is 22.1. The lowest BCUT2D eigenvalue weighted by Crippen LogP contribution is -2.38. The van der Waals surface area contributed by atoms with Crippen molar-refractivity contribution in [3.05, 3.63) is 70.7 Å². The zero-order chi connectivity index (χ0) is 26.8. The van der Waals surface area contributed by atoms with Gasteiger partial charge in [-0.15, -0.1) is 0 Å². The molecule has 2 saturated heterocycles. The highest BCUT2D eigenvalue weighted by Gasteiger charge is 2.37. The smallest absolute Gasteiger partial charge is 0.257 e. The fourth-order valence-corrected chi connectivity index (χ4v) is 6.51. The molecule has 2 fully saturated rings. The third-order valence-electron chi connectivity index (χ3n) is 8.47. The van der Waals surface area contributed by atoms with E-state index in [9.17, 15) is 18.0 Å². The predicted molar refractivity (Wildman–Crippen MR) is 139 cm³/mol. The number of carbonyl (C=O) groups is 1. The van der Waals surface area contributed by atoms with E-state index in [0.29, 0.717) is 55.0 Å². The van der Waals surface area contributed by atoms with Crippen LogP contribution in [0, 0.1) is 31.5 Å². The van der Waals surface area contributed by atoms with Gasteiger partial charge in [0.25, 0.3) is 12.3 Å². The standard InChI is InChI=1S/C29H36F3N5O/c1-19-28(20(2)34-18-33-19)29(38)37-15-23-13-36(14-24(23)16-37)11-8-26(22-4-3-5-25(30)12-22)21-6-9-35(10-7-21)17-27(31)32/h3-5,12-13,18,21,24,26-27H,6-11,14-17H2,1-2H3. The second-order valence-electron chi connectivity index (χ2n) is 11.0. The van der Waals surface area contributed by atoms with Crippen molar-refractivity contribution in [1.82, 2.24) is 24.7 Å². The van der Waals surface area contributed by atoms with E-state index in [2.05, 4.69) is 21.1 Å². The van der Waals surface area contributed by atoms with Gasteiger partial charge >= 0.3 is 0 Å². The molecule has 1 aromatic heterocycles. The van der Waals surface area contributed by atoms with Crippen molar-refractivity contribution in [3.63, 3.8) is 0 Å². The Morgan fingerprint density at radius 1 is 1.11 bits per heavy atom. The van der Waals surface area contributed by atoms with Crippen molar-refractivity contribution < 1.29 is 18.0 Å². The minimum Gasteiger partial charge on any atom is -0.377 e. The lowest BCUT2D eigenvalue weighted by atomic mass is 9.78. The van der Waals surface area contributed by atoms with Crippen molar-refractivity contribution in [2.75, 3.05) is 45.8 Å². The first-order valence-corrected chi connectivity index (χ1v) is 13.6. The summed E-state index contributed by atoms with van der Waals surface area (Å²) in [6, 6.07) is 6.86. The van der Waals surface area contributed by atoms with Crippen molar-refractivity contribution in [2.45, 2.75) is 45.5 Å². The predicted octanol–water partition coefficient (Wildman–Crippen LogP) is 4.66. The number of piperidine rings is 1. The van der Waals surface area contributed by atoms with Crippen LogP contribution >= 0.6 is 0 Å². The number of aromatic nitrogens is 2. The third kappa shape index (κ3) is 5.87. The number of carbonyl (C=O) groups excluding carboxylic acids is 1. The number of rotatable bonds is 8. The second-order valence-corrected chi connectivity index (χ2v) is 11.0. The van der Waals surface area contributed by atoms with Crippen LogP contribution in [0.25, 0.3) is 0 Å². The second kappa shape index (κ2) is 11.4. The fraction of sp³-hybridized carbons (Fsp3) is 0.552. The van der Waals surface area contributed by atoms with Gasteiger partial charge < -0.3 is 9.80 Å². The Hall–Kier alpha value is -2.94. The van der Waals surface area contributed by atoms with Crippen LogP contribution in [0.2, 0.25) is 0 Å². The van der Waals surface area contributed by atoms with E-state index in [1.807, 2.05) is 29.7 Å². The summed E-state index contributed by atoms with van der Waals surface area (Å²) in [7, 11) is 0. The number of likely N-dealkylation sites (tertiary alicyclic amines) is 2. The molecule has 38 heavy (non-hydrogen) atoms. The van der Waals surface area contributed by atoms with Gasteiger partial charge in [-0.25, -0.2) is 23.1 Å². The molecule has 4 heterocycles. The Bertz CT molecular complexity index is 1160. The Morgan fingerprint density at radius 2 is 1.84 bits per heavy atom. The molecule has 6 nitrogen and oxygen atoms in total. The Labute approximate surface area is 222 Å². The van der Waals surface area contributed by atoms with Gasteiger partial charge in [0, 0.05) is 38.3 Å². The molecule has 2 atom stereocenters. The van der Waals surface area contributed by atoms with Gasteiger partial charge in [0.15, 0.2) is 0 Å². The van der Waals surface area contributed by atoms with Crippen molar-refractivity contribution in [2.24, 2.45) is 11.8 Å². The summed E-state index contributed by atoms with van der Waals surface area (Å²) in [6.07, 6.45) is 3.95. The molecule has 204 valence electrons. The molecular formula is C29H36F3N5O. The Morgan fingerprint density at radius 3 is 2.50 bits per heavy atom. The Kier molecular flexibility index (Phi) is 8.02. The number of fused-ring (bicyclic) bond motifs is 1. The molecule has 5 rings (SSSR count). The summed E-state index contributed by atoms with van der Waals surface area (Å²) in [5, 5.41) is 0. The van der Waals surface area contributed by atoms with Crippen LogP contribution < -0.4 is 0 Å². The van der Waals surface area contributed by atoms with Crippen LogP contribution in [0.4, 0.5) is 13.2 Å². The maximum Gasteiger partial charge on any atom is 0.257 e. The number of benzene rings is 1. The quantitative estimate of drug-likeness (QED) is 0.500. The van der Waals surface area contributed by atoms with Crippen molar-refractivity contribution >= 4 is 5.91 Å². The topological polar surface area (TPSA) is 52.6 Å². The first-order valence-electron chi connectivity index (χ1n) is 13.6. The monoisotopic (exact) mass is 527 g/mol. The van der Waals surface area contributed by atoms with Crippen LogP contribution in [0.3, 0.4) is 0 Å². The highest BCUT2D eigenvalue weighted by molar-refractivity contribution is 5.96. The largest absolute Gasteiger partial charge is 0.377 e. The first kappa shape index (κ1) is 26.7. The normalized spacial score (nSPS) is 21.2. The molecule has 0 radical (unpaired) electrons. The molecule has 0 aliphatic carbocycles. The average molecular weight is 528 g/mol. The summed E-state index contributed by atoms with van der Waals surface area (Å²) < 4.78 is 39.8. The van der Waals surface area contributed by atoms with Crippen molar-refractivity contribution in [3.8, 4) is 0 Å². The van der Waals surface area contributed by atoms with E-state index >= 15 is 0 Å². The van der Waals surface area contributed by atoms with Crippen molar-refractivity contribution in [1.29, 1.82) is 0 Å². The lowest BCUT2D eigenvalue weighted by Gasteiger charge is -2.37. The lowest BCUT2D eigenvalue weighted by molar-refractivity contribution is 0.0648. The van der Waals surface area contributed by atoms with Crippen LogP contribution in [-0.4, -0.2) is 82.8 Å². The van der Waals surface area contributed by atoms with Crippen LogP contribution in [0.15, 0.2) is 42.4 Å². The molecule has 3 aliphatic rings. The number of amides is 1. The maximum atomic E-state index is 14.1. The number of hydrogen-bond acceptors (Lipinski definition) is 5. The van der Waals surface area contributed by atoms with E-state index in [1.54, 1.807) is 12.1 Å². The molecular weight excluding hydrogens is 491 g/mol. The van der Waals surface area contributed by atoms with E-state index in [-0.39, 0.29) is 24.2 Å². The summed E-state index contributed by atoms with van der Waals surface area (Å²) in [5.74, 6) is 0.592. The van der Waals surface area contributed by atoms with Crippen LogP contribution in [-0.2, 0) is 0 Å². The van der Waals surface area contributed by atoms with Gasteiger partial charge in [-0.05, 0) is 81.3 Å². The molecule has 0 N–H and O–H groups in total. The van der Waals surface area contributed by atoms with Gasteiger partial charge in [0.1, 0.15) is 12.1 Å². The highest BCUT2D eigenvalue weighted by atomic mass is 19.3. The Balaban J connectivity index is 1.22. The molecule has 0 saturated carbocycles. The molecule has 0 spiro atoms. The van der Waals surface area contributed by atoms with Gasteiger partial charge in [-0.3, -0.25) is 9.69 Å². The van der Waals surface area contributed by atoms with E-state index < -0.39 is 6.43 Å². The summed E-state index contributed by atoms with van der Waals surface area (Å²) in [6.45, 7) is 7.85. The molecule has 2 aromatic rings. The van der Waals surface area contributed by atoms with Gasteiger partial charge in [0.05, 0.1) is 23.5 Å². The van der Waals surface area contributed by atoms with E-state index in [4.69, 9.17) is 0 Å². The number of aryl methyl sites for hydroxylation is 2. The molecule has 2 unspecified atom stereocenters. The number of nitrogens with zero attached hydrogens (tertiary/aromatic N) is 5. The van der Waals surface area contributed by atoms with E-state index in [0.717, 1.165) is 37.9 Å². The fourth-order valence-electron chi connectivity index (χ4n) is 6.51. The molecule has 3 aliphatic heterocycles. The summed E-state index contributed by atoms with van der Waals surface area (Å²) in [4.78, 5) is 27.7. The average Bonchev–Trinajstić information content (AvgIpc) is 3.44. The zero-order valence-electron chi connectivity index (χ0n) is 22.1. The molecule has 1 amide bonds. The first-order chi connectivity index (χ1) is 18.3. The van der Waals surface area contributed by atoms with Gasteiger partial charge in [-0.2, -0.15) is 0 Å². The maximum absolute atomic E-state index is 14.1. The number of hydrogen-bond donors (Lipinski definition) is 0. The third-order valence-corrected chi connectivity index (χ3v) is 8.47. The van der Waals surface area contributed by atoms with Crippen LogP contribution in [0.5, 0.6) is 0 Å². The van der Waals surface area contributed by atoms with E-state index in [1.165, 1.54) is 18.0 Å². The molecule has 0 bridgehead atoms. The van der Waals surface area contributed by atoms with Gasteiger partial charge in [-0.1, -0.05) is 12.1 Å². The minimum absolute atomic E-state index is 0.00759. The number of halogens is 3. The molecule has 1 aromatic carbocycles. The van der Waals surface area contributed by atoms with Gasteiger partial charge in [0.2, 0.25) is 0 Å². The highest BCUT2D eigenvalue weighted by Crippen LogP contribution is 2.37. The summed E-state index contributed by atoms with van der Waals surface area (Å²) in [5.41, 5.74) is 4.28.